The molecule has 0 bridgehead atoms. The quantitative estimate of drug-likeness (QED) is 0.421. The number of amides is 1. The maximum atomic E-state index is 12.6. The number of benzene rings is 2. The predicted octanol–water partition coefficient (Wildman–Crippen LogP) is 5.39. The summed E-state index contributed by atoms with van der Waals surface area (Å²) in [5.74, 6) is 1.18. The monoisotopic (exact) mass is 449 g/mol. The molecule has 1 aliphatic rings. The Morgan fingerprint density at radius 1 is 1.10 bits per heavy atom. The Morgan fingerprint density at radius 3 is 2.71 bits per heavy atom. The molecule has 8 heteroatoms. The van der Waals surface area contributed by atoms with Crippen LogP contribution in [0.2, 0.25) is 0 Å². The maximum absolute atomic E-state index is 12.6. The number of fused-ring (bicyclic) bond motifs is 1. The van der Waals surface area contributed by atoms with Gasteiger partial charge >= 0.3 is 5.63 Å². The van der Waals surface area contributed by atoms with Crippen molar-refractivity contribution in [3.8, 4) is 0 Å². The van der Waals surface area contributed by atoms with Gasteiger partial charge in [-0.25, -0.2) is 9.78 Å². The number of aryl methyl sites for hydroxylation is 2. The minimum atomic E-state index is -0.352. The van der Waals surface area contributed by atoms with E-state index >= 15 is 0 Å². The first-order chi connectivity index (χ1) is 15.0. The first-order valence-corrected chi connectivity index (χ1v) is 11.7. The van der Waals surface area contributed by atoms with Crippen molar-refractivity contribution < 1.29 is 9.21 Å². The molecule has 0 saturated carbocycles. The lowest BCUT2D eigenvalue weighted by atomic mass is 10.1. The summed E-state index contributed by atoms with van der Waals surface area (Å²) in [5.41, 5.74) is 3.98. The van der Waals surface area contributed by atoms with Gasteiger partial charge in [0.25, 0.3) is 0 Å². The van der Waals surface area contributed by atoms with Crippen molar-refractivity contribution in [3.63, 3.8) is 0 Å². The Morgan fingerprint density at radius 2 is 1.90 bits per heavy atom. The number of thioether (sulfide) groups is 1. The van der Waals surface area contributed by atoms with Crippen LogP contribution in [0.1, 0.15) is 22.1 Å². The molecule has 6 nitrogen and oxygen atoms in total. The average molecular weight is 450 g/mol. The standard InChI is InChI=1S/C23H19N3O3S2/c1-13-9-21(28)29-18-8-14(2)17(10-16(13)18)24-19-11-31-23(25-19)26-20(27)12-30-22(26)15-6-4-3-5-7-15/h3-11,22,24H,12H2,1-2H3. The number of nitrogens with one attached hydrogen (secondary N) is 1. The van der Waals surface area contributed by atoms with Gasteiger partial charge in [0, 0.05) is 22.5 Å². The van der Waals surface area contributed by atoms with Crippen molar-refractivity contribution in [2.45, 2.75) is 19.2 Å². The number of thiazole rings is 1. The molecule has 1 aliphatic heterocycles. The van der Waals surface area contributed by atoms with Gasteiger partial charge in [0.2, 0.25) is 5.91 Å². The van der Waals surface area contributed by atoms with E-state index in [1.165, 1.54) is 17.4 Å². The highest BCUT2D eigenvalue weighted by atomic mass is 32.2. The molecular formula is C23H19N3O3S2. The zero-order valence-electron chi connectivity index (χ0n) is 16.9. The third-order valence-corrected chi connectivity index (χ3v) is 7.26. The van der Waals surface area contributed by atoms with Gasteiger partial charge in [-0.05, 0) is 42.7 Å². The number of hydrogen-bond donors (Lipinski definition) is 1. The van der Waals surface area contributed by atoms with Crippen LogP contribution < -0.4 is 15.8 Å². The van der Waals surface area contributed by atoms with E-state index in [4.69, 9.17) is 9.40 Å². The molecule has 31 heavy (non-hydrogen) atoms. The van der Waals surface area contributed by atoms with Gasteiger partial charge in [0.05, 0.1) is 5.75 Å². The summed E-state index contributed by atoms with van der Waals surface area (Å²) in [6.45, 7) is 3.84. The van der Waals surface area contributed by atoms with Gasteiger partial charge in [0.15, 0.2) is 5.13 Å². The second-order valence-electron chi connectivity index (χ2n) is 7.39. The summed E-state index contributed by atoms with van der Waals surface area (Å²) in [6.07, 6.45) is 0. The fourth-order valence-corrected chi connectivity index (χ4v) is 5.69. The Hall–Kier alpha value is -3.10. The first-order valence-electron chi connectivity index (χ1n) is 9.76. The minimum absolute atomic E-state index is 0.0623. The third kappa shape index (κ3) is 3.73. The smallest absolute Gasteiger partial charge is 0.336 e. The number of carbonyl (C=O) groups excluding carboxylic acids is 1. The molecule has 3 heterocycles. The highest BCUT2D eigenvalue weighted by molar-refractivity contribution is 8.00. The molecule has 0 aliphatic carbocycles. The molecule has 0 radical (unpaired) electrons. The van der Waals surface area contributed by atoms with Crippen LogP contribution in [0, 0.1) is 13.8 Å². The van der Waals surface area contributed by atoms with E-state index in [1.54, 1.807) is 16.7 Å². The first kappa shape index (κ1) is 19.8. The SMILES string of the molecule is Cc1cc2oc(=O)cc(C)c2cc1Nc1csc(N2C(=O)CSC2c2ccccc2)n1. The summed E-state index contributed by atoms with van der Waals surface area (Å²) >= 11 is 3.05. The van der Waals surface area contributed by atoms with Crippen LogP contribution in [0.5, 0.6) is 0 Å². The lowest BCUT2D eigenvalue weighted by molar-refractivity contribution is -0.115. The average Bonchev–Trinajstić information content (AvgIpc) is 3.35. The van der Waals surface area contributed by atoms with Crippen molar-refractivity contribution in [1.29, 1.82) is 0 Å². The number of anilines is 3. The summed E-state index contributed by atoms with van der Waals surface area (Å²) in [7, 11) is 0. The second-order valence-corrected chi connectivity index (χ2v) is 9.29. The molecule has 156 valence electrons. The van der Waals surface area contributed by atoms with Gasteiger partial charge < -0.3 is 9.73 Å². The van der Waals surface area contributed by atoms with Crippen molar-refractivity contribution in [2.24, 2.45) is 0 Å². The highest BCUT2D eigenvalue weighted by Crippen LogP contribution is 2.43. The fourth-order valence-electron chi connectivity index (χ4n) is 3.67. The summed E-state index contributed by atoms with van der Waals surface area (Å²) < 4.78 is 5.32. The van der Waals surface area contributed by atoms with Crippen molar-refractivity contribution in [3.05, 3.63) is 81.0 Å². The molecule has 1 saturated heterocycles. The van der Waals surface area contributed by atoms with Crippen LogP contribution >= 0.6 is 23.1 Å². The lowest BCUT2D eigenvalue weighted by Gasteiger charge is -2.21. The van der Waals surface area contributed by atoms with Crippen LogP contribution in [-0.4, -0.2) is 16.6 Å². The molecule has 1 atom stereocenters. The zero-order chi connectivity index (χ0) is 21.5. The molecule has 0 spiro atoms. The number of rotatable bonds is 4. The second kappa shape index (κ2) is 7.86. The van der Waals surface area contributed by atoms with E-state index in [1.807, 2.05) is 61.7 Å². The predicted molar refractivity (Wildman–Crippen MR) is 126 cm³/mol. The Balaban J connectivity index is 1.45. The van der Waals surface area contributed by atoms with Gasteiger partial charge in [-0.1, -0.05) is 30.3 Å². The molecule has 1 amide bonds. The van der Waals surface area contributed by atoms with Crippen LogP contribution in [0.3, 0.4) is 0 Å². The van der Waals surface area contributed by atoms with Crippen molar-refractivity contribution in [1.82, 2.24) is 4.98 Å². The van der Waals surface area contributed by atoms with Crippen LogP contribution in [0.15, 0.2) is 63.1 Å². The molecule has 1 unspecified atom stereocenters. The van der Waals surface area contributed by atoms with Crippen LogP contribution in [-0.2, 0) is 4.79 Å². The summed E-state index contributed by atoms with van der Waals surface area (Å²) in [5, 5.41) is 6.74. The molecular weight excluding hydrogens is 430 g/mol. The third-order valence-electron chi connectivity index (χ3n) is 5.21. The van der Waals surface area contributed by atoms with Crippen LogP contribution in [0.4, 0.5) is 16.6 Å². The van der Waals surface area contributed by atoms with E-state index in [9.17, 15) is 9.59 Å². The van der Waals surface area contributed by atoms with E-state index in [0.29, 0.717) is 22.3 Å². The Kier molecular flexibility index (Phi) is 5.03. The van der Waals surface area contributed by atoms with E-state index in [2.05, 4.69) is 5.32 Å². The highest BCUT2D eigenvalue weighted by Gasteiger charge is 2.35. The largest absolute Gasteiger partial charge is 0.423 e. The molecule has 2 aromatic carbocycles. The minimum Gasteiger partial charge on any atom is -0.423 e. The number of hydrogen-bond acceptors (Lipinski definition) is 7. The van der Waals surface area contributed by atoms with Gasteiger partial charge in [0.1, 0.15) is 16.8 Å². The number of carbonyl (C=O) groups is 1. The molecule has 5 rings (SSSR count). The maximum Gasteiger partial charge on any atom is 0.336 e. The van der Waals surface area contributed by atoms with Crippen LogP contribution in [0.25, 0.3) is 11.0 Å². The van der Waals surface area contributed by atoms with Gasteiger partial charge in [-0.15, -0.1) is 23.1 Å². The Bertz CT molecular complexity index is 1350. The molecule has 1 N–H and O–H groups in total. The molecule has 2 aromatic heterocycles. The van der Waals surface area contributed by atoms with E-state index in [0.717, 1.165) is 27.8 Å². The normalized spacial score (nSPS) is 16.3. The number of aromatic nitrogens is 1. The number of nitrogens with zero attached hydrogens (tertiary/aromatic N) is 2. The van der Waals surface area contributed by atoms with Crippen molar-refractivity contribution >= 4 is 56.6 Å². The van der Waals surface area contributed by atoms with Gasteiger partial charge in [-0.3, -0.25) is 9.69 Å². The van der Waals surface area contributed by atoms with E-state index in [-0.39, 0.29) is 16.9 Å². The van der Waals surface area contributed by atoms with E-state index < -0.39 is 0 Å². The fraction of sp³-hybridized carbons (Fsp3) is 0.174. The summed E-state index contributed by atoms with van der Waals surface area (Å²) in [6, 6.07) is 15.3. The lowest BCUT2D eigenvalue weighted by Crippen LogP contribution is -2.27. The molecule has 4 aromatic rings. The topological polar surface area (TPSA) is 75.4 Å². The Labute approximate surface area is 186 Å². The van der Waals surface area contributed by atoms with Gasteiger partial charge in [-0.2, -0.15) is 0 Å². The molecule has 1 fully saturated rings. The van der Waals surface area contributed by atoms with Crippen molar-refractivity contribution in [2.75, 3.05) is 16.0 Å². The summed E-state index contributed by atoms with van der Waals surface area (Å²) in [4.78, 5) is 30.7. The zero-order valence-corrected chi connectivity index (χ0v) is 18.5.